The molecule has 3 heteroatoms. The van der Waals surface area contributed by atoms with Gasteiger partial charge >= 0.3 is 0 Å². The first-order valence-electron chi connectivity index (χ1n) is 7.25. The van der Waals surface area contributed by atoms with Crippen molar-refractivity contribution in [1.82, 2.24) is 5.32 Å². The highest BCUT2D eigenvalue weighted by Crippen LogP contribution is 2.38. The molecular formula is C16H25NS2. The van der Waals surface area contributed by atoms with Crippen LogP contribution in [0.15, 0.2) is 24.3 Å². The molecule has 1 heterocycles. The van der Waals surface area contributed by atoms with Crippen molar-refractivity contribution in [3.63, 3.8) is 0 Å². The van der Waals surface area contributed by atoms with Gasteiger partial charge in [-0.25, -0.2) is 0 Å². The molecule has 1 aromatic rings. The van der Waals surface area contributed by atoms with Crippen LogP contribution in [0.3, 0.4) is 0 Å². The lowest BCUT2D eigenvalue weighted by atomic mass is 9.98. The minimum absolute atomic E-state index is 0.476. The zero-order valence-electron chi connectivity index (χ0n) is 12.2. The van der Waals surface area contributed by atoms with Gasteiger partial charge in [-0.05, 0) is 24.6 Å². The highest BCUT2D eigenvalue weighted by molar-refractivity contribution is 8.07. The lowest BCUT2D eigenvalue weighted by Gasteiger charge is -2.34. The molecule has 0 bridgehead atoms. The Kier molecular flexibility index (Phi) is 6.11. The Bertz CT molecular complexity index is 394. The van der Waals surface area contributed by atoms with E-state index in [1.807, 2.05) is 0 Å². The van der Waals surface area contributed by atoms with Gasteiger partial charge in [0.25, 0.3) is 0 Å². The molecule has 1 nitrogen and oxygen atoms in total. The maximum atomic E-state index is 3.55. The Morgan fingerprint density at radius 2 is 2.11 bits per heavy atom. The van der Waals surface area contributed by atoms with Crippen LogP contribution in [-0.4, -0.2) is 29.1 Å². The zero-order chi connectivity index (χ0) is 13.7. The van der Waals surface area contributed by atoms with Crippen LogP contribution < -0.4 is 5.32 Å². The molecule has 0 spiro atoms. The van der Waals surface area contributed by atoms with E-state index in [0.717, 1.165) is 5.25 Å². The summed E-state index contributed by atoms with van der Waals surface area (Å²) >= 11 is 4.25. The first-order chi connectivity index (χ1) is 9.26. The van der Waals surface area contributed by atoms with Gasteiger partial charge in [0.15, 0.2) is 0 Å². The third kappa shape index (κ3) is 3.93. The lowest BCUT2D eigenvalue weighted by Crippen LogP contribution is -2.36. The normalized spacial score (nSPS) is 25.2. The van der Waals surface area contributed by atoms with Gasteiger partial charge in [0, 0.05) is 28.0 Å². The molecule has 19 heavy (non-hydrogen) atoms. The van der Waals surface area contributed by atoms with Crippen molar-refractivity contribution in [2.75, 3.05) is 18.6 Å². The SMILES string of the molecule is CCCc1cccc(C(NC)C2SCCSC2C)c1. The second-order valence-corrected chi connectivity index (χ2v) is 7.94. The minimum atomic E-state index is 0.476. The van der Waals surface area contributed by atoms with E-state index in [9.17, 15) is 0 Å². The summed E-state index contributed by atoms with van der Waals surface area (Å²) in [6.07, 6.45) is 2.41. The molecule has 0 amide bonds. The van der Waals surface area contributed by atoms with Crippen molar-refractivity contribution in [1.29, 1.82) is 0 Å². The van der Waals surface area contributed by atoms with Crippen molar-refractivity contribution < 1.29 is 0 Å². The monoisotopic (exact) mass is 295 g/mol. The Hall–Kier alpha value is -0.120. The standard InChI is InChI=1S/C16H25NS2/c1-4-6-13-7-5-8-14(11-13)15(17-3)16-12(2)18-9-10-19-16/h5,7-8,11-12,15-17H,4,6,9-10H2,1-3H3. The predicted octanol–water partition coefficient (Wildman–Crippen LogP) is 4.14. The molecule has 1 aliphatic rings. The van der Waals surface area contributed by atoms with E-state index >= 15 is 0 Å². The van der Waals surface area contributed by atoms with Crippen LogP contribution in [-0.2, 0) is 6.42 Å². The van der Waals surface area contributed by atoms with E-state index in [2.05, 4.69) is 74.0 Å². The van der Waals surface area contributed by atoms with Crippen LogP contribution in [0.1, 0.15) is 37.4 Å². The molecule has 1 N–H and O–H groups in total. The number of rotatable bonds is 5. The van der Waals surface area contributed by atoms with Gasteiger partial charge in [-0.15, -0.1) is 0 Å². The quantitative estimate of drug-likeness (QED) is 0.877. The van der Waals surface area contributed by atoms with Gasteiger partial charge < -0.3 is 5.32 Å². The Labute approximate surface area is 126 Å². The number of hydrogen-bond acceptors (Lipinski definition) is 3. The number of thioether (sulfide) groups is 2. The summed E-state index contributed by atoms with van der Waals surface area (Å²) < 4.78 is 0. The second kappa shape index (κ2) is 7.61. The van der Waals surface area contributed by atoms with E-state index in [0.29, 0.717) is 11.3 Å². The molecular weight excluding hydrogens is 270 g/mol. The summed E-state index contributed by atoms with van der Waals surface area (Å²) in [5.41, 5.74) is 2.93. The predicted molar refractivity (Wildman–Crippen MR) is 90.4 cm³/mol. The summed E-state index contributed by atoms with van der Waals surface area (Å²) in [7, 11) is 2.10. The highest BCUT2D eigenvalue weighted by atomic mass is 32.2. The molecule has 0 aromatic heterocycles. The fraction of sp³-hybridized carbons (Fsp3) is 0.625. The summed E-state index contributed by atoms with van der Waals surface area (Å²) in [5.74, 6) is 2.58. The van der Waals surface area contributed by atoms with Crippen molar-refractivity contribution in [3.05, 3.63) is 35.4 Å². The molecule has 1 fully saturated rings. The third-order valence-electron chi connectivity index (χ3n) is 3.73. The van der Waals surface area contributed by atoms with Gasteiger partial charge in [0.2, 0.25) is 0 Å². The number of nitrogens with one attached hydrogen (secondary N) is 1. The van der Waals surface area contributed by atoms with Crippen molar-refractivity contribution in [3.8, 4) is 0 Å². The summed E-state index contributed by atoms with van der Waals surface area (Å²) in [6.45, 7) is 4.62. The zero-order valence-corrected chi connectivity index (χ0v) is 13.8. The fourth-order valence-electron chi connectivity index (χ4n) is 2.77. The number of aryl methyl sites for hydroxylation is 1. The smallest absolute Gasteiger partial charge is 0.0448 e. The molecule has 0 radical (unpaired) electrons. The molecule has 2 rings (SSSR count). The van der Waals surface area contributed by atoms with Crippen molar-refractivity contribution in [2.24, 2.45) is 0 Å². The number of hydrogen-bond donors (Lipinski definition) is 1. The van der Waals surface area contributed by atoms with E-state index in [1.54, 1.807) is 0 Å². The molecule has 106 valence electrons. The Morgan fingerprint density at radius 3 is 2.79 bits per heavy atom. The first-order valence-corrected chi connectivity index (χ1v) is 9.35. The van der Waals surface area contributed by atoms with Crippen molar-refractivity contribution >= 4 is 23.5 Å². The van der Waals surface area contributed by atoms with Gasteiger partial charge in [-0.2, -0.15) is 23.5 Å². The Balaban J connectivity index is 2.18. The van der Waals surface area contributed by atoms with E-state index in [-0.39, 0.29) is 0 Å². The van der Waals surface area contributed by atoms with Gasteiger partial charge in [-0.3, -0.25) is 0 Å². The topological polar surface area (TPSA) is 12.0 Å². The largest absolute Gasteiger partial charge is 0.312 e. The van der Waals surface area contributed by atoms with Crippen molar-refractivity contribution in [2.45, 2.75) is 43.2 Å². The highest BCUT2D eigenvalue weighted by Gasteiger charge is 2.30. The van der Waals surface area contributed by atoms with Crippen LogP contribution in [0.4, 0.5) is 0 Å². The maximum Gasteiger partial charge on any atom is 0.0448 e. The van der Waals surface area contributed by atoms with Crippen LogP contribution in [0, 0.1) is 0 Å². The summed E-state index contributed by atoms with van der Waals surface area (Å²) in [4.78, 5) is 0. The summed E-state index contributed by atoms with van der Waals surface area (Å²) in [6, 6.07) is 9.64. The molecule has 1 aromatic carbocycles. The lowest BCUT2D eigenvalue weighted by molar-refractivity contribution is 0.560. The Morgan fingerprint density at radius 1 is 1.32 bits per heavy atom. The van der Waals surface area contributed by atoms with Gasteiger partial charge in [0.1, 0.15) is 0 Å². The van der Waals surface area contributed by atoms with Crippen LogP contribution in [0.5, 0.6) is 0 Å². The average molecular weight is 296 g/mol. The van der Waals surface area contributed by atoms with Crippen LogP contribution in [0.25, 0.3) is 0 Å². The second-order valence-electron chi connectivity index (χ2n) is 5.17. The molecule has 0 saturated carbocycles. The van der Waals surface area contributed by atoms with E-state index < -0.39 is 0 Å². The van der Waals surface area contributed by atoms with Crippen LogP contribution >= 0.6 is 23.5 Å². The van der Waals surface area contributed by atoms with Crippen LogP contribution in [0.2, 0.25) is 0 Å². The van der Waals surface area contributed by atoms with Gasteiger partial charge in [-0.1, -0.05) is 44.5 Å². The van der Waals surface area contributed by atoms with E-state index in [4.69, 9.17) is 0 Å². The molecule has 0 aliphatic carbocycles. The molecule has 3 atom stereocenters. The summed E-state index contributed by atoms with van der Waals surface area (Å²) in [5, 5.41) is 4.96. The minimum Gasteiger partial charge on any atom is -0.312 e. The number of benzene rings is 1. The van der Waals surface area contributed by atoms with Gasteiger partial charge in [0.05, 0.1) is 0 Å². The first kappa shape index (κ1) is 15.3. The third-order valence-corrected chi connectivity index (χ3v) is 6.92. The molecule has 1 aliphatic heterocycles. The van der Waals surface area contributed by atoms with E-state index in [1.165, 1.54) is 35.5 Å². The molecule has 3 unspecified atom stereocenters. The average Bonchev–Trinajstić information content (AvgIpc) is 2.43. The maximum absolute atomic E-state index is 3.55. The fourth-order valence-corrected chi connectivity index (χ4v) is 5.76. The molecule has 1 saturated heterocycles.